The SMILES string of the molecule is CC(C)N(C[C@H]1C[C@H](O)C[C@H]1n1ccc2c(N)ncnc21)C1CC(CCc2nc3cc(Cl)c(C(F)(F)F)cc3[nH]2)C1. The Hall–Kier alpha value is -2.89. The number of imidazole rings is 1. The van der Waals surface area contributed by atoms with Crippen molar-refractivity contribution in [3.05, 3.63) is 47.1 Å². The van der Waals surface area contributed by atoms with Gasteiger partial charge in [-0.1, -0.05) is 11.6 Å². The van der Waals surface area contributed by atoms with Gasteiger partial charge in [-0.2, -0.15) is 13.2 Å². The lowest BCUT2D eigenvalue weighted by molar-refractivity contribution is -0.137. The molecule has 0 spiro atoms. The lowest BCUT2D eigenvalue weighted by atomic mass is 9.76. The molecule has 2 aliphatic rings. The maximum atomic E-state index is 13.2. The van der Waals surface area contributed by atoms with Gasteiger partial charge in [0.2, 0.25) is 0 Å². The van der Waals surface area contributed by atoms with E-state index >= 15 is 0 Å². The van der Waals surface area contributed by atoms with Crippen molar-refractivity contribution in [2.75, 3.05) is 12.3 Å². The number of H-pyrrole nitrogens is 1. The number of fused-ring (bicyclic) bond motifs is 2. The Labute approximate surface area is 241 Å². The van der Waals surface area contributed by atoms with Crippen LogP contribution in [-0.4, -0.2) is 59.2 Å². The molecule has 220 valence electrons. The van der Waals surface area contributed by atoms with Gasteiger partial charge in [0.1, 0.15) is 23.6 Å². The van der Waals surface area contributed by atoms with Crippen molar-refractivity contribution < 1.29 is 18.3 Å². The molecule has 0 unspecified atom stereocenters. The van der Waals surface area contributed by atoms with E-state index in [2.05, 4.69) is 43.3 Å². The van der Waals surface area contributed by atoms with E-state index < -0.39 is 11.7 Å². The average molecular weight is 590 g/mol. The fourth-order valence-electron chi connectivity index (χ4n) is 6.89. The number of nitrogens with one attached hydrogen (secondary N) is 1. The Bertz CT molecular complexity index is 1540. The van der Waals surface area contributed by atoms with E-state index in [1.165, 1.54) is 12.4 Å². The van der Waals surface area contributed by atoms with Crippen LogP contribution in [0, 0.1) is 11.8 Å². The van der Waals surface area contributed by atoms with Gasteiger partial charge in [0, 0.05) is 37.3 Å². The van der Waals surface area contributed by atoms with Gasteiger partial charge in [0.05, 0.1) is 33.1 Å². The summed E-state index contributed by atoms with van der Waals surface area (Å²) in [5, 5.41) is 11.1. The van der Waals surface area contributed by atoms with Crippen LogP contribution in [0.2, 0.25) is 5.02 Å². The third kappa shape index (κ3) is 5.51. The molecule has 3 aromatic heterocycles. The van der Waals surface area contributed by atoms with Crippen LogP contribution >= 0.6 is 11.6 Å². The summed E-state index contributed by atoms with van der Waals surface area (Å²) in [7, 11) is 0. The van der Waals surface area contributed by atoms with Gasteiger partial charge >= 0.3 is 6.18 Å². The molecule has 0 amide bonds. The largest absolute Gasteiger partial charge is 0.417 e. The van der Waals surface area contributed by atoms with E-state index in [1.807, 2.05) is 12.3 Å². The van der Waals surface area contributed by atoms with Gasteiger partial charge in [0.15, 0.2) is 0 Å². The lowest BCUT2D eigenvalue weighted by Crippen LogP contribution is -2.50. The average Bonchev–Trinajstić information content (AvgIpc) is 3.57. The standard InChI is InChI=1S/C29H35ClF3N7O/c1-15(2)40(13-17-9-19(41)10-25(17)39-6-5-20-27(34)35-14-36-28(20)39)18-7-16(8-18)3-4-26-37-23-11-21(29(31,32)33)22(30)12-24(23)38-26/h5-6,11-12,14-19,25,41H,3-4,7-10,13H2,1-2H3,(H,37,38)(H2,34,35,36)/t16?,17-,18?,19+,25-/m1/s1. The van der Waals surface area contributed by atoms with Crippen LogP contribution < -0.4 is 5.73 Å². The van der Waals surface area contributed by atoms with Crippen LogP contribution in [0.1, 0.15) is 63.4 Å². The highest BCUT2D eigenvalue weighted by Crippen LogP contribution is 2.42. The third-order valence-corrected chi connectivity index (χ3v) is 9.35. The second-order valence-electron chi connectivity index (χ2n) is 12.0. The maximum absolute atomic E-state index is 13.2. The third-order valence-electron chi connectivity index (χ3n) is 9.03. The molecule has 8 nitrogen and oxygen atoms in total. The Morgan fingerprint density at radius 2 is 1.98 bits per heavy atom. The van der Waals surface area contributed by atoms with Crippen molar-refractivity contribution >= 4 is 39.5 Å². The first-order valence-corrected chi connectivity index (χ1v) is 14.6. The lowest BCUT2D eigenvalue weighted by Gasteiger charge is -2.46. The normalized spacial score (nSPS) is 25.1. The molecule has 2 saturated carbocycles. The van der Waals surface area contributed by atoms with Crippen molar-refractivity contribution in [3.8, 4) is 0 Å². The Balaban J connectivity index is 1.08. The van der Waals surface area contributed by atoms with E-state index in [9.17, 15) is 18.3 Å². The highest BCUT2D eigenvalue weighted by molar-refractivity contribution is 6.32. The van der Waals surface area contributed by atoms with Crippen LogP contribution in [0.3, 0.4) is 0 Å². The number of benzene rings is 1. The van der Waals surface area contributed by atoms with Crippen molar-refractivity contribution in [1.29, 1.82) is 0 Å². The second kappa shape index (κ2) is 10.7. The smallest absolute Gasteiger partial charge is 0.393 e. The first-order valence-electron chi connectivity index (χ1n) is 14.2. The first-order chi connectivity index (χ1) is 19.5. The van der Waals surface area contributed by atoms with Crippen molar-refractivity contribution in [2.45, 2.75) is 82.8 Å². The molecule has 0 radical (unpaired) electrons. The molecule has 2 aliphatic carbocycles. The number of aryl methyl sites for hydroxylation is 1. The molecular weight excluding hydrogens is 555 g/mol. The van der Waals surface area contributed by atoms with E-state index in [0.29, 0.717) is 53.5 Å². The van der Waals surface area contributed by atoms with Gasteiger partial charge in [0.25, 0.3) is 0 Å². The van der Waals surface area contributed by atoms with Gasteiger partial charge in [-0.3, -0.25) is 4.90 Å². The number of alkyl halides is 3. The molecule has 3 heterocycles. The molecule has 0 aliphatic heterocycles. The number of nitrogens with two attached hydrogens (primary N) is 1. The topological polar surface area (TPSA) is 109 Å². The minimum absolute atomic E-state index is 0.133. The van der Waals surface area contributed by atoms with Crippen LogP contribution in [0.15, 0.2) is 30.7 Å². The number of nitrogen functional groups attached to an aromatic ring is 1. The minimum atomic E-state index is -4.51. The molecule has 1 aromatic carbocycles. The van der Waals surface area contributed by atoms with Gasteiger partial charge in [-0.15, -0.1) is 0 Å². The maximum Gasteiger partial charge on any atom is 0.417 e. The minimum Gasteiger partial charge on any atom is -0.393 e. The van der Waals surface area contributed by atoms with Crippen LogP contribution in [0.5, 0.6) is 0 Å². The molecule has 4 aromatic rings. The van der Waals surface area contributed by atoms with Crippen LogP contribution in [0.25, 0.3) is 22.1 Å². The summed E-state index contributed by atoms with van der Waals surface area (Å²) in [4.78, 5) is 18.7. The Kier molecular flexibility index (Phi) is 7.40. The molecule has 0 saturated heterocycles. The molecule has 4 N–H and O–H groups in total. The summed E-state index contributed by atoms with van der Waals surface area (Å²) in [6.07, 6.45) is 3.81. The number of aromatic nitrogens is 5. The fourth-order valence-corrected chi connectivity index (χ4v) is 7.15. The molecule has 12 heteroatoms. The number of rotatable bonds is 8. The predicted octanol–water partition coefficient (Wildman–Crippen LogP) is 6.00. The summed E-state index contributed by atoms with van der Waals surface area (Å²) >= 11 is 5.86. The zero-order valence-corrected chi connectivity index (χ0v) is 23.8. The monoisotopic (exact) mass is 589 g/mol. The first kappa shape index (κ1) is 28.2. The van der Waals surface area contributed by atoms with E-state index in [1.54, 1.807) is 0 Å². The molecule has 0 bridgehead atoms. The van der Waals surface area contributed by atoms with E-state index in [-0.39, 0.29) is 23.1 Å². The summed E-state index contributed by atoms with van der Waals surface area (Å²) in [6, 6.07) is 5.23. The molecule has 2 fully saturated rings. The number of halogens is 4. The highest BCUT2D eigenvalue weighted by atomic mass is 35.5. The summed E-state index contributed by atoms with van der Waals surface area (Å²) in [5.74, 6) is 1.96. The van der Waals surface area contributed by atoms with Crippen molar-refractivity contribution in [1.82, 2.24) is 29.4 Å². The van der Waals surface area contributed by atoms with Crippen molar-refractivity contribution in [2.24, 2.45) is 11.8 Å². The van der Waals surface area contributed by atoms with E-state index in [0.717, 1.165) is 49.3 Å². The zero-order chi connectivity index (χ0) is 29.1. The highest BCUT2D eigenvalue weighted by Gasteiger charge is 2.41. The molecule has 6 rings (SSSR count). The fraction of sp³-hybridized carbons (Fsp3) is 0.552. The van der Waals surface area contributed by atoms with Gasteiger partial charge in [-0.05, 0) is 76.0 Å². The van der Waals surface area contributed by atoms with Crippen LogP contribution in [0.4, 0.5) is 19.0 Å². The summed E-state index contributed by atoms with van der Waals surface area (Å²) in [6.45, 7) is 5.34. The summed E-state index contributed by atoms with van der Waals surface area (Å²) in [5.41, 5.74) is 6.83. The van der Waals surface area contributed by atoms with Crippen molar-refractivity contribution in [3.63, 3.8) is 0 Å². The van der Waals surface area contributed by atoms with Gasteiger partial charge in [-0.25, -0.2) is 15.0 Å². The Morgan fingerprint density at radius 1 is 1.20 bits per heavy atom. The predicted molar refractivity (Wildman–Crippen MR) is 152 cm³/mol. The molecule has 3 atom stereocenters. The summed E-state index contributed by atoms with van der Waals surface area (Å²) < 4.78 is 41.8. The number of aliphatic hydroxyl groups excluding tert-OH is 1. The quantitative estimate of drug-likeness (QED) is 0.233. The van der Waals surface area contributed by atoms with E-state index in [4.69, 9.17) is 17.3 Å². The van der Waals surface area contributed by atoms with Crippen LogP contribution in [-0.2, 0) is 12.6 Å². The van der Waals surface area contributed by atoms with Gasteiger partial charge < -0.3 is 20.4 Å². The Morgan fingerprint density at radius 3 is 2.71 bits per heavy atom. The zero-order valence-electron chi connectivity index (χ0n) is 23.1. The molecular formula is C29H35ClF3N7O. The number of hydrogen-bond donors (Lipinski definition) is 3. The number of anilines is 1. The molecule has 41 heavy (non-hydrogen) atoms. The number of aromatic amines is 1. The number of nitrogens with zero attached hydrogens (tertiary/aromatic N) is 5. The number of aliphatic hydroxyl groups is 1. The second-order valence-corrected chi connectivity index (χ2v) is 12.4. The number of hydrogen-bond acceptors (Lipinski definition) is 6.